The van der Waals surface area contributed by atoms with Crippen LogP contribution in [0, 0.1) is 0 Å². The van der Waals surface area contributed by atoms with Gasteiger partial charge in [0.2, 0.25) is 5.91 Å². The van der Waals surface area contributed by atoms with E-state index in [1.807, 2.05) is 59.5 Å². The summed E-state index contributed by atoms with van der Waals surface area (Å²) in [6.07, 6.45) is 2.42. The predicted octanol–water partition coefficient (Wildman–Crippen LogP) is 6.78. The molecule has 1 N–H and O–H groups in total. The summed E-state index contributed by atoms with van der Waals surface area (Å²) in [5, 5.41) is 10.4. The number of rotatable bonds is 7. The van der Waals surface area contributed by atoms with E-state index in [4.69, 9.17) is 11.6 Å². The van der Waals surface area contributed by atoms with Gasteiger partial charge >= 0.3 is 5.97 Å². The highest BCUT2D eigenvalue weighted by atomic mass is 35.5. The van der Waals surface area contributed by atoms with Crippen LogP contribution in [0.2, 0.25) is 5.02 Å². The van der Waals surface area contributed by atoms with Gasteiger partial charge in [-0.3, -0.25) is 9.59 Å². The molecule has 4 nitrogen and oxygen atoms in total. The molecule has 1 fully saturated rings. The average Bonchev–Trinajstić information content (AvgIpc) is 2.85. The number of carboxylic acids is 1. The summed E-state index contributed by atoms with van der Waals surface area (Å²) in [6.45, 7) is 1.45. The molecule has 0 radical (unpaired) electrons. The normalized spacial score (nSPS) is 14.8. The van der Waals surface area contributed by atoms with E-state index in [0.717, 1.165) is 37.1 Å². The van der Waals surface area contributed by atoms with Crippen LogP contribution in [0.5, 0.6) is 0 Å². The van der Waals surface area contributed by atoms with Crippen molar-refractivity contribution < 1.29 is 14.7 Å². The van der Waals surface area contributed by atoms with Crippen molar-refractivity contribution in [3.8, 4) is 11.1 Å². The van der Waals surface area contributed by atoms with Crippen LogP contribution in [-0.4, -0.2) is 35.0 Å². The molecule has 3 aromatic carbocycles. The van der Waals surface area contributed by atoms with Crippen molar-refractivity contribution in [2.45, 2.75) is 37.5 Å². The molecule has 34 heavy (non-hydrogen) atoms. The van der Waals surface area contributed by atoms with Crippen LogP contribution < -0.4 is 0 Å². The third-order valence-corrected chi connectivity index (χ3v) is 6.89. The maximum atomic E-state index is 12.8. The number of hydrogen-bond acceptors (Lipinski definition) is 2. The van der Waals surface area contributed by atoms with E-state index in [1.54, 1.807) is 0 Å². The quantitative estimate of drug-likeness (QED) is 0.391. The van der Waals surface area contributed by atoms with Gasteiger partial charge in [0.15, 0.2) is 0 Å². The van der Waals surface area contributed by atoms with Crippen molar-refractivity contribution in [1.29, 1.82) is 0 Å². The molecule has 1 amide bonds. The zero-order valence-electron chi connectivity index (χ0n) is 18.9. The second-order valence-corrected chi connectivity index (χ2v) is 9.00. The Morgan fingerprint density at radius 1 is 0.912 bits per heavy atom. The van der Waals surface area contributed by atoms with Crippen molar-refractivity contribution in [3.63, 3.8) is 0 Å². The molecule has 0 aromatic heterocycles. The summed E-state index contributed by atoms with van der Waals surface area (Å²) >= 11 is 6.28. The third kappa shape index (κ3) is 6.19. The molecule has 1 aliphatic heterocycles. The van der Waals surface area contributed by atoms with Crippen molar-refractivity contribution in [2.24, 2.45) is 0 Å². The van der Waals surface area contributed by atoms with Crippen LogP contribution in [0.1, 0.15) is 48.6 Å². The van der Waals surface area contributed by atoms with Crippen molar-refractivity contribution in [2.75, 3.05) is 13.1 Å². The molecular weight excluding hydrogens is 469 g/mol. The Balaban J connectivity index is 0.00000324. The first kappa shape index (κ1) is 25.8. The van der Waals surface area contributed by atoms with Crippen LogP contribution in [-0.2, 0) is 9.59 Å². The summed E-state index contributed by atoms with van der Waals surface area (Å²) in [6, 6.07) is 25.4. The number of hydrogen-bond donors (Lipinski definition) is 1. The minimum atomic E-state index is -0.906. The Kier molecular flexibility index (Phi) is 9.14. The number of piperidine rings is 1. The van der Waals surface area contributed by atoms with E-state index < -0.39 is 11.9 Å². The second-order valence-electron chi connectivity index (χ2n) is 8.60. The Hall–Kier alpha value is -2.82. The van der Waals surface area contributed by atoms with E-state index in [1.165, 1.54) is 5.56 Å². The number of carbonyl (C=O) groups excluding carboxylic acids is 1. The molecule has 0 bridgehead atoms. The van der Waals surface area contributed by atoms with Gasteiger partial charge in [0.25, 0.3) is 0 Å². The van der Waals surface area contributed by atoms with Crippen LogP contribution in [0.3, 0.4) is 0 Å². The minimum Gasteiger partial charge on any atom is -0.481 e. The largest absolute Gasteiger partial charge is 0.481 e. The van der Waals surface area contributed by atoms with Gasteiger partial charge in [-0.25, -0.2) is 0 Å². The molecule has 4 rings (SSSR count). The highest BCUT2D eigenvalue weighted by Gasteiger charge is 2.26. The highest BCUT2D eigenvalue weighted by Crippen LogP contribution is 2.31. The molecule has 1 heterocycles. The monoisotopic (exact) mass is 497 g/mol. The van der Waals surface area contributed by atoms with Gasteiger partial charge in [0.1, 0.15) is 0 Å². The standard InChI is InChI=1S/C28H28ClNO3.ClH/c29-26-9-5-4-8-24(26)22-10-12-23(13-11-22)25(28(32)33)14-15-27(31)30-18-16-21(17-19-30)20-6-2-1-3-7-20;/h1-13,21,25H,14-19H2,(H,32,33);1H. The van der Waals surface area contributed by atoms with Crippen molar-refractivity contribution in [3.05, 3.63) is 95.0 Å². The first-order chi connectivity index (χ1) is 16.0. The number of amides is 1. The van der Waals surface area contributed by atoms with Crippen LogP contribution in [0.15, 0.2) is 78.9 Å². The molecule has 178 valence electrons. The van der Waals surface area contributed by atoms with Crippen LogP contribution in [0.4, 0.5) is 0 Å². The molecule has 3 aromatic rings. The molecular formula is C28H29Cl2NO3. The summed E-state index contributed by atoms with van der Waals surface area (Å²) in [5.41, 5.74) is 3.88. The van der Waals surface area contributed by atoms with Crippen LogP contribution in [0.25, 0.3) is 11.1 Å². The van der Waals surface area contributed by atoms with Gasteiger partial charge in [0.05, 0.1) is 5.92 Å². The molecule has 1 unspecified atom stereocenters. The summed E-state index contributed by atoms with van der Waals surface area (Å²) in [4.78, 5) is 26.6. The lowest BCUT2D eigenvalue weighted by Gasteiger charge is -2.32. The fourth-order valence-electron chi connectivity index (χ4n) is 4.64. The molecule has 0 aliphatic carbocycles. The number of carbonyl (C=O) groups is 2. The highest BCUT2D eigenvalue weighted by molar-refractivity contribution is 6.33. The molecule has 0 spiro atoms. The van der Waals surface area contributed by atoms with E-state index >= 15 is 0 Å². The van der Waals surface area contributed by atoms with Gasteiger partial charge < -0.3 is 10.0 Å². The van der Waals surface area contributed by atoms with Gasteiger partial charge in [0, 0.05) is 30.1 Å². The van der Waals surface area contributed by atoms with Gasteiger partial charge in [-0.2, -0.15) is 0 Å². The average molecular weight is 498 g/mol. The molecule has 1 atom stereocenters. The number of aliphatic carboxylic acids is 1. The Bertz CT molecular complexity index is 1090. The maximum Gasteiger partial charge on any atom is 0.310 e. The van der Waals surface area contributed by atoms with Crippen LogP contribution >= 0.6 is 24.0 Å². The fourth-order valence-corrected chi connectivity index (χ4v) is 4.88. The number of halogens is 2. The zero-order valence-corrected chi connectivity index (χ0v) is 20.5. The van der Waals surface area contributed by atoms with E-state index in [9.17, 15) is 14.7 Å². The predicted molar refractivity (Wildman–Crippen MR) is 139 cm³/mol. The fraction of sp³-hybridized carbons (Fsp3) is 0.286. The van der Waals surface area contributed by atoms with E-state index in [0.29, 0.717) is 16.5 Å². The Labute approximate surface area is 212 Å². The maximum absolute atomic E-state index is 12.8. The lowest BCUT2D eigenvalue weighted by molar-refractivity contribution is -0.139. The number of nitrogens with zero attached hydrogens (tertiary/aromatic N) is 1. The summed E-state index contributed by atoms with van der Waals surface area (Å²) < 4.78 is 0. The SMILES string of the molecule is Cl.O=C(O)C(CCC(=O)N1CCC(c2ccccc2)CC1)c1ccc(-c2ccccc2Cl)cc1. The number of carboxylic acid groups (broad SMARTS) is 1. The third-order valence-electron chi connectivity index (χ3n) is 6.56. The minimum absolute atomic E-state index is 0. The topological polar surface area (TPSA) is 57.6 Å². The summed E-state index contributed by atoms with van der Waals surface area (Å²) in [7, 11) is 0. The molecule has 1 aliphatic rings. The van der Waals surface area contributed by atoms with E-state index in [-0.39, 0.29) is 31.2 Å². The smallest absolute Gasteiger partial charge is 0.310 e. The first-order valence-corrected chi connectivity index (χ1v) is 11.8. The molecule has 6 heteroatoms. The molecule has 0 saturated carbocycles. The summed E-state index contributed by atoms with van der Waals surface area (Å²) in [5.74, 6) is -1.09. The van der Waals surface area contributed by atoms with E-state index in [2.05, 4.69) is 24.3 Å². The Morgan fingerprint density at radius 3 is 2.15 bits per heavy atom. The second kappa shape index (κ2) is 12.0. The zero-order chi connectivity index (χ0) is 23.2. The van der Waals surface area contributed by atoms with Gasteiger partial charge in [-0.15, -0.1) is 12.4 Å². The van der Waals surface area contributed by atoms with Gasteiger partial charge in [-0.05, 0) is 47.9 Å². The van der Waals surface area contributed by atoms with Crippen molar-refractivity contribution >= 4 is 35.9 Å². The Morgan fingerprint density at radius 2 is 1.53 bits per heavy atom. The first-order valence-electron chi connectivity index (χ1n) is 11.4. The van der Waals surface area contributed by atoms with Gasteiger partial charge in [-0.1, -0.05) is 84.4 Å². The number of likely N-dealkylation sites (tertiary alicyclic amines) is 1. The molecule has 1 saturated heterocycles. The number of benzene rings is 3. The lowest BCUT2D eigenvalue weighted by atomic mass is 9.89. The van der Waals surface area contributed by atoms with Crippen molar-refractivity contribution in [1.82, 2.24) is 4.90 Å². The lowest BCUT2D eigenvalue weighted by Crippen LogP contribution is -2.38.